The number of rotatable bonds is 4. The van der Waals surface area contributed by atoms with Crippen LogP contribution >= 0.6 is 11.6 Å². The number of hydrogen-bond acceptors (Lipinski definition) is 5. The normalized spacial score (nSPS) is 47.1. The Morgan fingerprint density at radius 1 is 1.29 bits per heavy atom. The molecule has 0 aromatic carbocycles. The highest BCUT2D eigenvalue weighted by Crippen LogP contribution is 2.70. The molecular formula is C21H28ClFO5. The van der Waals surface area contributed by atoms with Crippen LogP contribution in [0.5, 0.6) is 0 Å². The van der Waals surface area contributed by atoms with Gasteiger partial charge in [0.2, 0.25) is 0 Å². The third-order valence-electron chi connectivity index (χ3n) is 8.23. The van der Waals surface area contributed by atoms with E-state index in [1.165, 1.54) is 6.92 Å². The molecule has 7 heteroatoms. The lowest BCUT2D eigenvalue weighted by Crippen LogP contribution is -2.75. The molecule has 0 aromatic rings. The Morgan fingerprint density at radius 3 is 2.50 bits per heavy atom. The van der Waals surface area contributed by atoms with E-state index < -0.39 is 57.8 Å². The van der Waals surface area contributed by atoms with E-state index in [9.17, 15) is 24.9 Å². The van der Waals surface area contributed by atoms with Crippen molar-refractivity contribution in [2.75, 3.05) is 5.88 Å². The first-order chi connectivity index (χ1) is 12.9. The fourth-order valence-electron chi connectivity index (χ4n) is 6.64. The van der Waals surface area contributed by atoms with Crippen molar-refractivity contribution in [3.05, 3.63) is 0 Å². The summed E-state index contributed by atoms with van der Waals surface area (Å²) in [7, 11) is 0. The molecule has 0 heterocycles. The Labute approximate surface area is 169 Å². The van der Waals surface area contributed by atoms with Crippen LogP contribution in [0.2, 0.25) is 0 Å². The summed E-state index contributed by atoms with van der Waals surface area (Å²) in [5.74, 6) is -3.24. The van der Waals surface area contributed by atoms with Crippen molar-refractivity contribution in [3.63, 3.8) is 0 Å². The van der Waals surface area contributed by atoms with E-state index in [0.717, 1.165) is 0 Å². The molecule has 3 aliphatic carbocycles. The molecule has 3 rings (SSSR count). The van der Waals surface area contributed by atoms with Crippen LogP contribution in [0.1, 0.15) is 58.8 Å². The number of hydrogen-bond donors (Lipinski definition) is 3. The van der Waals surface area contributed by atoms with Gasteiger partial charge in [-0.25, -0.2) is 4.39 Å². The van der Waals surface area contributed by atoms with Gasteiger partial charge >= 0.3 is 0 Å². The predicted molar refractivity (Wildman–Crippen MR) is 101 cm³/mol. The first-order valence-corrected chi connectivity index (χ1v) is 10.3. The van der Waals surface area contributed by atoms with Crippen molar-refractivity contribution in [1.29, 1.82) is 0 Å². The Morgan fingerprint density at radius 2 is 1.93 bits per heavy atom. The number of terminal acetylenes is 1. The number of fused-ring (bicyclic) bond motifs is 3. The minimum atomic E-state index is -2.90. The van der Waals surface area contributed by atoms with Crippen molar-refractivity contribution >= 4 is 23.2 Å². The van der Waals surface area contributed by atoms with Crippen molar-refractivity contribution in [3.8, 4) is 12.3 Å². The van der Waals surface area contributed by atoms with Crippen LogP contribution in [0.25, 0.3) is 0 Å². The van der Waals surface area contributed by atoms with Gasteiger partial charge < -0.3 is 15.3 Å². The topological polar surface area (TPSA) is 94.8 Å². The summed E-state index contributed by atoms with van der Waals surface area (Å²) in [4.78, 5) is 25.2. The maximum absolute atomic E-state index is 16.8. The number of carbonyl (C=O) groups excluding carboxylic acids is 2. The van der Waals surface area contributed by atoms with Crippen LogP contribution in [0.4, 0.5) is 4.39 Å². The largest absolute Gasteiger partial charge is 0.381 e. The van der Waals surface area contributed by atoms with E-state index in [1.807, 2.05) is 0 Å². The van der Waals surface area contributed by atoms with Crippen molar-refractivity contribution < 1.29 is 29.3 Å². The number of halogens is 2. The SMILES string of the molecule is C#CCC[C@@]1(C)C(=O)CC[C@H]2[C@@H]3CC[C@](O)(C(=O)CCl)[C@@]3(C)CC(O)(O)C21F. The van der Waals surface area contributed by atoms with Gasteiger partial charge in [-0.05, 0) is 38.5 Å². The smallest absolute Gasteiger partial charge is 0.199 e. The summed E-state index contributed by atoms with van der Waals surface area (Å²) in [6.45, 7) is 3.03. The third-order valence-corrected chi connectivity index (χ3v) is 8.47. The van der Waals surface area contributed by atoms with E-state index in [0.29, 0.717) is 6.42 Å². The molecule has 5 nitrogen and oxygen atoms in total. The fraction of sp³-hybridized carbons (Fsp3) is 0.810. The van der Waals surface area contributed by atoms with Gasteiger partial charge in [0.1, 0.15) is 11.4 Å². The second kappa shape index (κ2) is 6.50. The van der Waals surface area contributed by atoms with Crippen LogP contribution < -0.4 is 0 Å². The number of aliphatic hydroxyl groups is 3. The number of Topliss-reactive ketones (excluding diaryl/α,β-unsaturated/α-hetero) is 2. The minimum Gasteiger partial charge on any atom is -0.381 e. The second-order valence-corrected chi connectivity index (χ2v) is 9.56. The quantitative estimate of drug-likeness (QED) is 0.372. The standard InChI is InChI=1S/C21H28ClFO5/c1-4-5-9-17(2)15(24)7-6-14-13-8-10-19(26,16(25)11-22)18(13,3)12-20(27,28)21(14,17)23/h1,13-14,26-28H,5-12H2,2-3H3/t13-,14-,17-,18-,19-,21?/m0/s1. The molecule has 0 bridgehead atoms. The van der Waals surface area contributed by atoms with Gasteiger partial charge in [0, 0.05) is 30.6 Å². The van der Waals surface area contributed by atoms with Gasteiger partial charge in [0.15, 0.2) is 17.2 Å². The monoisotopic (exact) mass is 414 g/mol. The van der Waals surface area contributed by atoms with Gasteiger partial charge in [-0.15, -0.1) is 23.9 Å². The highest BCUT2D eigenvalue weighted by molar-refractivity contribution is 6.29. The molecule has 1 unspecified atom stereocenters. The zero-order chi connectivity index (χ0) is 21.2. The minimum absolute atomic E-state index is 0.00646. The molecule has 0 aliphatic heterocycles. The molecule has 156 valence electrons. The summed E-state index contributed by atoms with van der Waals surface area (Å²) < 4.78 is 16.8. The molecule has 0 amide bonds. The molecular weight excluding hydrogens is 387 g/mol. The number of ketones is 2. The molecule has 3 fully saturated rings. The van der Waals surface area contributed by atoms with Crippen LogP contribution in [0.15, 0.2) is 0 Å². The zero-order valence-electron chi connectivity index (χ0n) is 16.3. The molecule has 28 heavy (non-hydrogen) atoms. The van der Waals surface area contributed by atoms with Crippen LogP contribution in [0, 0.1) is 35.0 Å². The number of alkyl halides is 2. The van der Waals surface area contributed by atoms with Crippen LogP contribution in [-0.4, -0.2) is 49.8 Å². The molecule has 0 radical (unpaired) electrons. The summed E-state index contributed by atoms with van der Waals surface area (Å²) in [6.07, 6.45) is 5.57. The van der Waals surface area contributed by atoms with E-state index in [1.54, 1.807) is 6.92 Å². The lowest BCUT2D eigenvalue weighted by Gasteiger charge is -2.64. The second-order valence-electron chi connectivity index (χ2n) is 9.29. The van der Waals surface area contributed by atoms with Crippen LogP contribution in [-0.2, 0) is 9.59 Å². The first kappa shape index (κ1) is 21.7. The molecule has 6 atom stereocenters. The molecule has 3 N–H and O–H groups in total. The van der Waals surface area contributed by atoms with E-state index in [2.05, 4.69) is 5.92 Å². The van der Waals surface area contributed by atoms with Gasteiger partial charge in [-0.3, -0.25) is 9.59 Å². The van der Waals surface area contributed by atoms with E-state index in [4.69, 9.17) is 18.0 Å². The number of carbonyl (C=O) groups is 2. The first-order valence-electron chi connectivity index (χ1n) is 9.78. The van der Waals surface area contributed by atoms with Crippen molar-refractivity contribution in [2.24, 2.45) is 22.7 Å². The fourth-order valence-corrected chi connectivity index (χ4v) is 6.86. The van der Waals surface area contributed by atoms with Gasteiger partial charge in [0.25, 0.3) is 0 Å². The summed E-state index contributed by atoms with van der Waals surface area (Å²) >= 11 is 5.70. The van der Waals surface area contributed by atoms with E-state index >= 15 is 4.39 Å². The Hall–Kier alpha value is -1.00. The molecule has 3 aliphatic rings. The summed E-state index contributed by atoms with van der Waals surface area (Å²) in [5.41, 5.74) is -7.37. The van der Waals surface area contributed by atoms with Crippen molar-refractivity contribution in [2.45, 2.75) is 75.9 Å². The Balaban J connectivity index is 2.15. The van der Waals surface area contributed by atoms with Gasteiger partial charge in [0.05, 0.1) is 11.3 Å². The molecule has 0 saturated heterocycles. The molecule has 0 aromatic heterocycles. The average molecular weight is 415 g/mol. The maximum Gasteiger partial charge on any atom is 0.199 e. The predicted octanol–water partition coefficient (Wildman–Crippen LogP) is 2.13. The molecule has 0 spiro atoms. The van der Waals surface area contributed by atoms with Crippen molar-refractivity contribution in [1.82, 2.24) is 0 Å². The molecule has 3 saturated carbocycles. The average Bonchev–Trinajstić information content (AvgIpc) is 2.89. The van der Waals surface area contributed by atoms with Gasteiger partial charge in [-0.1, -0.05) is 6.92 Å². The zero-order valence-corrected chi connectivity index (χ0v) is 17.1. The lowest BCUT2D eigenvalue weighted by molar-refractivity contribution is -0.351. The highest BCUT2D eigenvalue weighted by Gasteiger charge is 2.79. The Bertz CT molecular complexity index is 748. The highest BCUT2D eigenvalue weighted by atomic mass is 35.5. The van der Waals surface area contributed by atoms with E-state index in [-0.39, 0.29) is 37.9 Å². The third kappa shape index (κ3) is 2.37. The summed E-state index contributed by atoms with van der Waals surface area (Å²) in [5, 5.41) is 33.2. The lowest BCUT2D eigenvalue weighted by atomic mass is 9.44. The Kier molecular flexibility index (Phi) is 5.04. The summed E-state index contributed by atoms with van der Waals surface area (Å²) in [6, 6.07) is 0. The maximum atomic E-state index is 16.8. The van der Waals surface area contributed by atoms with Crippen LogP contribution in [0.3, 0.4) is 0 Å². The van der Waals surface area contributed by atoms with Gasteiger partial charge in [-0.2, -0.15) is 0 Å².